The minimum atomic E-state index is -0.351. The first-order chi connectivity index (χ1) is 23.8. The number of hydrogen-bond donors (Lipinski definition) is 0. The normalized spacial score (nSPS) is 10.6. The van der Waals surface area contributed by atoms with Crippen molar-refractivity contribution in [3.8, 4) is 0 Å². The summed E-state index contributed by atoms with van der Waals surface area (Å²) in [5, 5.41) is 0. The van der Waals surface area contributed by atoms with Crippen LogP contribution < -0.4 is 51.4 Å². The average molecular weight is 1210 g/mol. The van der Waals surface area contributed by atoms with Crippen molar-refractivity contribution in [3.05, 3.63) is 108 Å². The molecule has 2 rings (SSSR count). The first kappa shape index (κ1) is 68.8. The van der Waals surface area contributed by atoms with Crippen molar-refractivity contribution in [2.24, 2.45) is 0 Å². The standard InChI is InChI=1S/C20H35P2.C20H34P2.C4H6.C3H4.2Ir.K.H2O/c2*1-15(2)21(16(3)4)13-19-10-9-11-20(12-19)14-22(17(5)6)18(7)8;1-3-4-2;1-3-2;;;;/h9-11,15-18H,13-14H2,1-8H3;10-11,15-18H,13-14H2,1-8H3;4H,1H2,2H3;1-2H2;;;;1H2/q-1;-2;;;;;+1;/p+3. The van der Waals surface area contributed by atoms with E-state index in [4.69, 9.17) is 0 Å². The number of rotatable bonds is 16. The number of allylic oxidation sites excluding steroid dienone is 1. The fourth-order valence-electron chi connectivity index (χ4n) is 6.67. The van der Waals surface area contributed by atoms with E-state index in [1.165, 1.54) is 46.9 Å². The van der Waals surface area contributed by atoms with Crippen LogP contribution in [0, 0.1) is 18.2 Å². The van der Waals surface area contributed by atoms with Crippen molar-refractivity contribution in [2.75, 3.05) is 0 Å². The molecular formula is C47H84Ir2KOP4+. The van der Waals surface area contributed by atoms with Crippen LogP contribution in [0.5, 0.6) is 0 Å². The van der Waals surface area contributed by atoms with Crippen molar-refractivity contribution in [3.63, 3.8) is 0 Å². The fourth-order valence-corrected chi connectivity index (χ4v) is 17.8. The molecular weight excluding hydrogens is 1130 g/mol. The molecule has 1 N–H and O–H groups in total. The van der Waals surface area contributed by atoms with Gasteiger partial charge in [0.2, 0.25) is 0 Å². The van der Waals surface area contributed by atoms with Gasteiger partial charge in [0, 0.05) is 68.4 Å². The van der Waals surface area contributed by atoms with Gasteiger partial charge >= 0.3 is 51.4 Å². The van der Waals surface area contributed by atoms with Crippen molar-refractivity contribution < 1.29 is 97.1 Å². The molecule has 0 unspecified atom stereocenters. The second kappa shape index (κ2) is 40.2. The van der Waals surface area contributed by atoms with Crippen molar-refractivity contribution in [1.82, 2.24) is 0 Å². The molecule has 316 valence electrons. The zero-order valence-electron chi connectivity index (χ0n) is 38.6. The summed E-state index contributed by atoms with van der Waals surface area (Å²) in [6, 6.07) is 22.1. The predicted molar refractivity (Wildman–Crippen MR) is 255 cm³/mol. The Morgan fingerprint density at radius 2 is 0.709 bits per heavy atom. The van der Waals surface area contributed by atoms with E-state index in [-0.39, 0.29) is 129 Å². The topological polar surface area (TPSA) is 30.0 Å². The van der Waals surface area contributed by atoms with E-state index in [2.05, 4.69) is 191 Å². The summed E-state index contributed by atoms with van der Waals surface area (Å²) in [4.78, 5) is 0. The molecule has 0 heterocycles. The van der Waals surface area contributed by atoms with Crippen LogP contribution in [-0.4, -0.2) is 50.7 Å². The number of hydrogen-bond acceptors (Lipinski definition) is 1. The molecule has 2 aromatic carbocycles. The maximum absolute atomic E-state index is 3.78. The van der Waals surface area contributed by atoms with Gasteiger partial charge in [-0.05, 0) is 140 Å². The third-order valence-corrected chi connectivity index (χ3v) is 24.5. The minimum absolute atomic E-state index is 0. The molecule has 0 amide bonds. The van der Waals surface area contributed by atoms with Crippen molar-refractivity contribution in [2.45, 2.75) is 188 Å². The maximum Gasteiger partial charge on any atom is 1.00 e. The molecule has 0 saturated carbocycles. The Bertz CT molecular complexity index is 1080. The van der Waals surface area contributed by atoms with E-state index in [0.29, 0.717) is 0 Å². The van der Waals surface area contributed by atoms with Gasteiger partial charge in [-0.1, -0.05) is 19.7 Å². The molecule has 0 aromatic heterocycles. The first-order valence-electron chi connectivity index (χ1n) is 19.7. The molecule has 0 bridgehead atoms. The van der Waals surface area contributed by atoms with Gasteiger partial charge in [0.15, 0.2) is 0 Å². The summed E-state index contributed by atoms with van der Waals surface area (Å²) in [6.07, 6.45) is 6.81. The fraction of sp³-hybridized carbons (Fsp3) is 0.617. The minimum Gasteiger partial charge on any atom is -0.870 e. The van der Waals surface area contributed by atoms with E-state index < -0.39 is 0 Å². The zero-order valence-corrected chi connectivity index (χ0v) is 50.6. The molecule has 0 aliphatic heterocycles. The van der Waals surface area contributed by atoms with Crippen LogP contribution >= 0.6 is 31.7 Å². The van der Waals surface area contributed by atoms with Gasteiger partial charge in [0.25, 0.3) is 0 Å². The monoisotopic (exact) mass is 1210 g/mol. The van der Waals surface area contributed by atoms with Crippen molar-refractivity contribution >= 4 is 31.7 Å². The van der Waals surface area contributed by atoms with Crippen LogP contribution in [0.4, 0.5) is 0 Å². The van der Waals surface area contributed by atoms with Gasteiger partial charge in [-0.2, -0.15) is 24.3 Å². The van der Waals surface area contributed by atoms with Gasteiger partial charge < -0.3 is 17.6 Å². The second-order valence-electron chi connectivity index (χ2n) is 16.3. The van der Waals surface area contributed by atoms with Gasteiger partial charge in [-0.3, -0.25) is 12.1 Å². The van der Waals surface area contributed by atoms with Gasteiger partial charge in [-0.25, -0.2) is 11.1 Å². The van der Waals surface area contributed by atoms with E-state index in [1.54, 1.807) is 6.08 Å². The smallest absolute Gasteiger partial charge is 0.870 e. The molecule has 0 aliphatic carbocycles. The van der Waals surface area contributed by atoms with Gasteiger partial charge in [0.1, 0.15) is 0 Å². The van der Waals surface area contributed by atoms with Crippen LogP contribution in [0.25, 0.3) is 0 Å². The summed E-state index contributed by atoms with van der Waals surface area (Å²) < 4.78 is 0. The average Bonchev–Trinajstić information content (AvgIpc) is 3.04. The molecule has 8 heteroatoms. The second-order valence-corrected chi connectivity index (χ2v) is 31.6. The summed E-state index contributed by atoms with van der Waals surface area (Å²) >= 11 is 0. The first-order valence-corrected chi connectivity index (χ1v) is 27.1. The van der Waals surface area contributed by atoms with E-state index in [0.717, 1.165) is 45.3 Å². The van der Waals surface area contributed by atoms with Crippen LogP contribution in [0.1, 0.15) is 140 Å². The van der Waals surface area contributed by atoms with Crippen LogP contribution in [0.15, 0.2) is 67.6 Å². The van der Waals surface area contributed by atoms with Crippen LogP contribution in [0.2, 0.25) is 0 Å². The molecule has 55 heavy (non-hydrogen) atoms. The van der Waals surface area contributed by atoms with E-state index in [1.807, 2.05) is 6.92 Å². The third kappa shape index (κ3) is 32.5. The van der Waals surface area contributed by atoms with E-state index in [9.17, 15) is 0 Å². The Hall–Kier alpha value is 2.10. The quantitative estimate of drug-likeness (QED) is 0.0713. The Balaban J connectivity index is -0.000000175. The Morgan fingerprint density at radius 1 is 0.509 bits per heavy atom. The van der Waals surface area contributed by atoms with Crippen molar-refractivity contribution in [1.29, 1.82) is 0 Å². The Morgan fingerprint density at radius 3 is 0.909 bits per heavy atom. The zero-order chi connectivity index (χ0) is 39.8. The molecule has 0 fully saturated rings. The SMILES string of the molecule is C=C=C.C=C=CC.CC(C)[PH+](Cc1[c-]c(C[PH+](C(C)C)C(C)C)c[c-]c1)C(C)C.CC(C)[PH+](Cc1[c-]c(C[PH+](C(C)C)C(C)C)ccc1)C(C)C.[Ir].[Ir].[K+].[OH-]. The molecule has 0 saturated heterocycles. The maximum atomic E-state index is 3.78. The molecule has 1 nitrogen and oxygen atoms in total. The molecule has 2 aromatic rings. The molecule has 0 atom stereocenters. The van der Waals surface area contributed by atoms with E-state index >= 15 is 0 Å². The summed E-state index contributed by atoms with van der Waals surface area (Å²) in [7, 11) is -1.36. The summed E-state index contributed by atoms with van der Waals surface area (Å²) in [6.45, 7) is 49.7. The molecule has 0 aliphatic rings. The number of benzene rings is 2. The Kier molecular flexibility index (Phi) is 50.3. The predicted octanol–water partition coefficient (Wildman–Crippen LogP) is 12.0. The van der Waals surface area contributed by atoms with Gasteiger partial charge in [-0.15, -0.1) is 22.6 Å². The summed E-state index contributed by atoms with van der Waals surface area (Å²) in [5.74, 6) is 0. The summed E-state index contributed by atoms with van der Waals surface area (Å²) in [5.41, 5.74) is 17.2. The Labute approximate surface area is 419 Å². The third-order valence-electron chi connectivity index (χ3n) is 9.47. The molecule has 2 radical (unpaired) electrons. The molecule has 0 spiro atoms. The van der Waals surface area contributed by atoms with Crippen LogP contribution in [-0.2, 0) is 64.9 Å². The largest absolute Gasteiger partial charge is 1.00 e. The van der Waals surface area contributed by atoms with Gasteiger partial charge in [0.05, 0.1) is 57.6 Å². The van der Waals surface area contributed by atoms with Crippen LogP contribution in [0.3, 0.4) is 0 Å².